The first-order chi connectivity index (χ1) is 7.46. The molecule has 0 heterocycles. The predicted molar refractivity (Wildman–Crippen MR) is 36.7 cm³/mol. The van der Waals surface area contributed by atoms with Crippen LogP contribution in [0.2, 0.25) is 0 Å². The van der Waals surface area contributed by atoms with E-state index in [0.29, 0.717) is 0 Å². The van der Waals surface area contributed by atoms with Crippen molar-refractivity contribution in [2.45, 2.75) is 24.1 Å². The molecular weight excluding hydrogens is 306 g/mol. The molecule has 0 saturated carbocycles. The Balaban J connectivity index is 5.64. The van der Waals surface area contributed by atoms with E-state index in [1.165, 1.54) is 0 Å². The van der Waals surface area contributed by atoms with E-state index >= 15 is 0 Å². The van der Waals surface area contributed by atoms with Crippen molar-refractivity contribution in [3.8, 4) is 0 Å². The van der Waals surface area contributed by atoms with Crippen LogP contribution in [0.4, 0.5) is 39.5 Å². The number of rotatable bonds is 4. The van der Waals surface area contributed by atoms with Crippen LogP contribution < -0.4 is 0 Å². The SMILES string of the molecule is [Li][S](=O)(=O)OC(F)(F)C(F)(F)C(F)(F)C(F)(F)F. The number of hydrogen-bond acceptors (Lipinski definition) is 3. The Morgan fingerprint density at radius 2 is 1.11 bits per heavy atom. The molecule has 18 heavy (non-hydrogen) atoms. The molecule has 0 saturated heterocycles. The number of hydrogen-bond donors (Lipinski definition) is 0. The number of halogens is 9. The van der Waals surface area contributed by atoms with Crippen molar-refractivity contribution in [1.82, 2.24) is 0 Å². The Morgan fingerprint density at radius 1 is 0.778 bits per heavy atom. The molecule has 0 aromatic carbocycles. The fraction of sp³-hybridized carbons (Fsp3) is 1.00. The maximum atomic E-state index is 12.4. The third-order valence-electron chi connectivity index (χ3n) is 1.37. The van der Waals surface area contributed by atoms with Gasteiger partial charge in [-0.3, -0.25) is 0 Å². The van der Waals surface area contributed by atoms with Gasteiger partial charge < -0.3 is 0 Å². The molecule has 0 N–H and O–H groups in total. The summed E-state index contributed by atoms with van der Waals surface area (Å²) < 4.78 is 131. The molecule has 0 fully saturated rings. The van der Waals surface area contributed by atoms with Crippen molar-refractivity contribution >= 4 is 24.7 Å². The van der Waals surface area contributed by atoms with E-state index in [-0.39, 0.29) is 16.5 Å². The standard InChI is InChI=1S/C4F9O3S.Li/c5-1(6,3(9,10)11)2(7,8)4(12,13)16-17(14)15;. The Morgan fingerprint density at radius 3 is 1.33 bits per heavy atom. The minimum absolute atomic E-state index is 0.233. The molecule has 0 aromatic rings. The second-order valence-corrected chi connectivity index (χ2v) is 4.53. The molecule has 14 heteroatoms. The zero-order chi connectivity index (χ0) is 15.2. The molecule has 0 radical (unpaired) electrons. The van der Waals surface area contributed by atoms with Crippen LogP contribution >= 0.6 is 0 Å². The molecule has 0 unspecified atom stereocenters. The van der Waals surface area contributed by atoms with Gasteiger partial charge in [-0.2, -0.15) is 0 Å². The fourth-order valence-corrected chi connectivity index (χ4v) is 1.09. The zero-order valence-electron chi connectivity index (χ0n) is 8.03. The Bertz CT molecular complexity index is 412. The van der Waals surface area contributed by atoms with E-state index in [9.17, 15) is 47.9 Å². The molecule has 104 valence electrons. The fourth-order valence-electron chi connectivity index (χ4n) is 0.603. The van der Waals surface area contributed by atoms with Crippen molar-refractivity contribution < 1.29 is 52.1 Å². The van der Waals surface area contributed by atoms with E-state index in [2.05, 4.69) is 4.18 Å². The van der Waals surface area contributed by atoms with Crippen molar-refractivity contribution in [2.24, 2.45) is 0 Å². The molecule has 0 aliphatic rings. The van der Waals surface area contributed by atoms with Gasteiger partial charge in [0.05, 0.1) is 0 Å². The average molecular weight is 306 g/mol. The molecule has 0 atom stereocenters. The average Bonchev–Trinajstić information content (AvgIpc) is 1.95. The van der Waals surface area contributed by atoms with Gasteiger partial charge in [0.15, 0.2) is 0 Å². The van der Waals surface area contributed by atoms with Crippen molar-refractivity contribution in [3.05, 3.63) is 0 Å². The summed E-state index contributed by atoms with van der Waals surface area (Å²) in [6.45, 7) is 0. The predicted octanol–water partition coefficient (Wildman–Crippen LogP) is 1.84. The van der Waals surface area contributed by atoms with Gasteiger partial charge in [-0.25, -0.2) is 0 Å². The molecule has 0 rings (SSSR count). The van der Waals surface area contributed by atoms with Crippen LogP contribution in [-0.2, 0) is 12.4 Å². The first-order valence-corrected chi connectivity index (χ1v) is 5.38. The van der Waals surface area contributed by atoms with Gasteiger partial charge >= 0.3 is 101 Å². The summed E-state index contributed by atoms with van der Waals surface area (Å²) in [5.41, 5.74) is 0. The number of alkyl halides is 9. The van der Waals surface area contributed by atoms with Crippen LogP contribution in [0.25, 0.3) is 0 Å². The summed E-state index contributed by atoms with van der Waals surface area (Å²) in [5, 5.41) is 0. The van der Waals surface area contributed by atoms with Gasteiger partial charge in [-0.1, -0.05) is 0 Å². The van der Waals surface area contributed by atoms with Crippen molar-refractivity contribution in [1.29, 1.82) is 0 Å². The third-order valence-corrected chi connectivity index (χ3v) is 1.88. The zero-order valence-corrected chi connectivity index (χ0v) is 8.85. The third kappa shape index (κ3) is 3.25. The normalized spacial score (nSPS) is 15.9. The van der Waals surface area contributed by atoms with Gasteiger partial charge in [0.25, 0.3) is 0 Å². The van der Waals surface area contributed by atoms with Crippen LogP contribution in [0.15, 0.2) is 0 Å². The first-order valence-electron chi connectivity index (χ1n) is 3.56. The van der Waals surface area contributed by atoms with Gasteiger partial charge in [-0.05, 0) is 0 Å². The summed E-state index contributed by atoms with van der Waals surface area (Å²) in [5.74, 6) is -14.3. The summed E-state index contributed by atoms with van der Waals surface area (Å²) in [4.78, 5) is 0. The van der Waals surface area contributed by atoms with E-state index in [1.54, 1.807) is 0 Å². The topological polar surface area (TPSA) is 43.4 Å². The van der Waals surface area contributed by atoms with Crippen LogP contribution in [0.3, 0.4) is 0 Å². The Labute approximate surface area is 101 Å². The second-order valence-electron chi connectivity index (χ2n) is 2.95. The Kier molecular flexibility index (Phi) is 4.43. The van der Waals surface area contributed by atoms with E-state index < -0.39 is 32.3 Å². The molecule has 0 aliphatic carbocycles. The van der Waals surface area contributed by atoms with E-state index in [1.807, 2.05) is 0 Å². The molecule has 0 bridgehead atoms. The monoisotopic (exact) mass is 306 g/mol. The molecule has 3 nitrogen and oxygen atoms in total. The molecule has 0 aromatic heterocycles. The van der Waals surface area contributed by atoms with E-state index in [4.69, 9.17) is 0 Å². The maximum absolute atomic E-state index is 12.4. The molecular formula is C4F9LiO3S. The van der Waals surface area contributed by atoms with Crippen LogP contribution in [0.1, 0.15) is 0 Å². The quantitative estimate of drug-likeness (QED) is 0.588. The van der Waals surface area contributed by atoms with E-state index in [0.717, 1.165) is 0 Å². The van der Waals surface area contributed by atoms with Crippen molar-refractivity contribution in [2.75, 3.05) is 0 Å². The molecule has 0 spiro atoms. The summed E-state index contributed by atoms with van der Waals surface area (Å²) >= 11 is -0.233. The van der Waals surface area contributed by atoms with Crippen LogP contribution in [0.5, 0.6) is 0 Å². The summed E-state index contributed by atoms with van der Waals surface area (Å²) in [7, 11) is -5.40. The summed E-state index contributed by atoms with van der Waals surface area (Å²) in [6, 6.07) is 0. The van der Waals surface area contributed by atoms with Crippen LogP contribution in [0, 0.1) is 0 Å². The van der Waals surface area contributed by atoms with Gasteiger partial charge in [0, 0.05) is 0 Å². The first kappa shape index (κ1) is 17.9. The Hall–Kier alpha value is -0.123. The molecule has 0 aliphatic heterocycles. The van der Waals surface area contributed by atoms with Gasteiger partial charge in [0.1, 0.15) is 0 Å². The van der Waals surface area contributed by atoms with Crippen LogP contribution in [-0.4, -0.2) is 49.1 Å². The minimum atomic E-state index is -7.19. The van der Waals surface area contributed by atoms with Gasteiger partial charge in [0.2, 0.25) is 0 Å². The van der Waals surface area contributed by atoms with Gasteiger partial charge in [-0.15, -0.1) is 0 Å². The molecule has 0 amide bonds. The second kappa shape index (κ2) is 4.46. The summed E-state index contributed by atoms with van der Waals surface area (Å²) in [6.07, 6.45) is -13.6. The van der Waals surface area contributed by atoms with Crippen molar-refractivity contribution in [3.63, 3.8) is 0 Å².